The first-order chi connectivity index (χ1) is 20.1. The average Bonchev–Trinajstić information content (AvgIpc) is 3.47. The van der Waals surface area contributed by atoms with Crippen LogP contribution in [0.25, 0.3) is 28.5 Å². The van der Waals surface area contributed by atoms with E-state index >= 15 is 0 Å². The van der Waals surface area contributed by atoms with Crippen LogP contribution in [0.4, 0.5) is 11.4 Å². The summed E-state index contributed by atoms with van der Waals surface area (Å²) < 4.78 is 4.70. The minimum absolute atomic E-state index is 0.154. The van der Waals surface area contributed by atoms with Crippen molar-refractivity contribution in [1.82, 2.24) is 4.57 Å². The normalized spacial score (nSPS) is 15.2. The Bertz CT molecular complexity index is 1820. The highest BCUT2D eigenvalue weighted by Crippen LogP contribution is 2.50. The van der Waals surface area contributed by atoms with Crippen molar-refractivity contribution in [1.29, 1.82) is 0 Å². The molecule has 2 heterocycles. The van der Waals surface area contributed by atoms with Gasteiger partial charge in [0.2, 0.25) is 0 Å². The molecule has 1 aliphatic heterocycles. The number of hydrogen-bond acceptors (Lipinski definition) is 1. The van der Waals surface area contributed by atoms with E-state index in [1.54, 1.807) is 0 Å². The second-order valence-electron chi connectivity index (χ2n) is 10.9. The Labute approximate surface area is 241 Å². The highest BCUT2D eigenvalue weighted by molar-refractivity contribution is 5.81. The molecule has 1 aromatic heterocycles. The Morgan fingerprint density at radius 1 is 0.610 bits per heavy atom. The molecule has 0 saturated heterocycles. The number of para-hydroxylation sites is 6. The molecule has 0 bridgehead atoms. The Morgan fingerprint density at radius 2 is 1.20 bits per heavy atom. The van der Waals surface area contributed by atoms with Crippen LogP contribution in [-0.4, -0.2) is 4.57 Å². The predicted molar refractivity (Wildman–Crippen MR) is 170 cm³/mol. The molecule has 6 aromatic rings. The van der Waals surface area contributed by atoms with Gasteiger partial charge in [0.15, 0.2) is 11.0 Å². The van der Waals surface area contributed by atoms with Crippen LogP contribution in [0.2, 0.25) is 0 Å². The van der Waals surface area contributed by atoms with E-state index in [0.29, 0.717) is 0 Å². The molecule has 0 saturated carbocycles. The van der Waals surface area contributed by atoms with E-state index in [9.17, 15) is 0 Å². The first kappa shape index (κ1) is 24.9. The summed E-state index contributed by atoms with van der Waals surface area (Å²) in [5.74, 6) is 1.08. The van der Waals surface area contributed by atoms with Crippen molar-refractivity contribution in [3.8, 4) is 11.4 Å². The lowest BCUT2D eigenvalue weighted by Gasteiger charge is -2.27. The second kappa shape index (κ2) is 10.1. The van der Waals surface area contributed by atoms with E-state index in [-0.39, 0.29) is 5.41 Å². The summed E-state index contributed by atoms with van der Waals surface area (Å²) >= 11 is 0. The van der Waals surface area contributed by atoms with Crippen LogP contribution < -0.4 is 9.47 Å². The van der Waals surface area contributed by atoms with Crippen molar-refractivity contribution in [3.05, 3.63) is 169 Å². The molecule has 1 aliphatic rings. The summed E-state index contributed by atoms with van der Waals surface area (Å²) in [5, 5.41) is 0. The molecule has 7 rings (SSSR count). The van der Waals surface area contributed by atoms with Gasteiger partial charge < -0.3 is 4.90 Å². The van der Waals surface area contributed by atoms with E-state index in [0.717, 1.165) is 28.2 Å². The fourth-order valence-electron chi connectivity index (χ4n) is 6.14. The number of hydrogen-bond donors (Lipinski definition) is 0. The molecular formula is C38H32N3+. The SMILES string of the molecule is CC1(C)/C(=C\C=C\c2n(-c3ccccc3)c3ccccc3[n+]2-c2ccccc2)N(c2ccccc2)c2ccccc21. The smallest absolute Gasteiger partial charge is 0.292 e. The Hall–Kier alpha value is -5.15. The van der Waals surface area contributed by atoms with Crippen molar-refractivity contribution >= 4 is 28.5 Å². The monoisotopic (exact) mass is 530 g/mol. The molecule has 0 spiro atoms. The van der Waals surface area contributed by atoms with Crippen molar-refractivity contribution in [2.24, 2.45) is 0 Å². The van der Waals surface area contributed by atoms with E-state index in [1.165, 1.54) is 22.6 Å². The lowest BCUT2D eigenvalue weighted by Crippen LogP contribution is -2.33. The number of nitrogens with zero attached hydrogens (tertiary/aromatic N) is 3. The number of fused-ring (bicyclic) bond motifs is 2. The third-order valence-electron chi connectivity index (χ3n) is 8.06. The first-order valence-corrected chi connectivity index (χ1v) is 14.1. The molecular weight excluding hydrogens is 498 g/mol. The quantitative estimate of drug-likeness (QED) is 0.203. The molecule has 0 unspecified atom stereocenters. The summed E-state index contributed by atoms with van der Waals surface area (Å²) in [6, 6.07) is 49.3. The molecule has 5 aromatic carbocycles. The van der Waals surface area contributed by atoms with Gasteiger partial charge in [0.25, 0.3) is 5.82 Å². The molecule has 0 N–H and O–H groups in total. The largest absolute Gasteiger partial charge is 0.313 e. The Balaban J connectivity index is 1.44. The molecule has 198 valence electrons. The molecule has 0 atom stereocenters. The van der Waals surface area contributed by atoms with Gasteiger partial charge in [-0.05, 0) is 66.2 Å². The summed E-state index contributed by atoms with van der Waals surface area (Å²) in [6.07, 6.45) is 6.75. The molecule has 3 nitrogen and oxygen atoms in total. The number of imidazole rings is 1. The van der Waals surface area contributed by atoms with Crippen LogP contribution in [0.5, 0.6) is 0 Å². The maximum absolute atomic E-state index is 2.40. The van der Waals surface area contributed by atoms with Crippen molar-refractivity contribution in [2.45, 2.75) is 19.3 Å². The van der Waals surface area contributed by atoms with Crippen LogP contribution in [0, 0.1) is 0 Å². The van der Waals surface area contributed by atoms with E-state index in [1.807, 2.05) is 0 Å². The van der Waals surface area contributed by atoms with Crippen LogP contribution >= 0.6 is 0 Å². The highest BCUT2D eigenvalue weighted by Gasteiger charge is 2.40. The van der Waals surface area contributed by atoms with E-state index < -0.39 is 0 Å². The Kier molecular flexibility index (Phi) is 6.13. The number of benzene rings is 5. The van der Waals surface area contributed by atoms with Gasteiger partial charge in [-0.1, -0.05) is 105 Å². The summed E-state index contributed by atoms with van der Waals surface area (Å²) in [4.78, 5) is 2.40. The summed E-state index contributed by atoms with van der Waals surface area (Å²) in [6.45, 7) is 4.64. The molecule has 41 heavy (non-hydrogen) atoms. The minimum Gasteiger partial charge on any atom is -0.313 e. The summed E-state index contributed by atoms with van der Waals surface area (Å²) in [7, 11) is 0. The van der Waals surface area contributed by atoms with E-state index in [2.05, 4.69) is 186 Å². The van der Waals surface area contributed by atoms with Gasteiger partial charge in [-0.2, -0.15) is 9.13 Å². The maximum atomic E-state index is 2.40. The average molecular weight is 531 g/mol. The predicted octanol–water partition coefficient (Wildman–Crippen LogP) is 8.93. The van der Waals surface area contributed by atoms with Gasteiger partial charge in [0, 0.05) is 28.6 Å². The fourth-order valence-corrected chi connectivity index (χ4v) is 6.14. The van der Waals surface area contributed by atoms with Gasteiger partial charge in [0.05, 0.1) is 0 Å². The van der Waals surface area contributed by atoms with Crippen molar-refractivity contribution in [3.63, 3.8) is 0 Å². The molecule has 0 aliphatic carbocycles. The summed E-state index contributed by atoms with van der Waals surface area (Å²) in [5.41, 5.74) is 9.41. The molecule has 0 amide bonds. The van der Waals surface area contributed by atoms with Crippen LogP contribution in [0.3, 0.4) is 0 Å². The van der Waals surface area contributed by atoms with Crippen LogP contribution in [0.15, 0.2) is 157 Å². The van der Waals surface area contributed by atoms with Gasteiger partial charge in [0.1, 0.15) is 11.4 Å². The zero-order valence-corrected chi connectivity index (χ0v) is 23.4. The maximum Gasteiger partial charge on any atom is 0.292 e. The topological polar surface area (TPSA) is 12.0 Å². The van der Waals surface area contributed by atoms with Gasteiger partial charge in [-0.3, -0.25) is 0 Å². The lowest BCUT2D eigenvalue weighted by molar-refractivity contribution is -0.570. The molecule has 3 heteroatoms. The molecule has 0 radical (unpaired) electrons. The number of rotatable bonds is 5. The highest BCUT2D eigenvalue weighted by atomic mass is 15.2. The zero-order chi connectivity index (χ0) is 27.8. The zero-order valence-electron chi connectivity index (χ0n) is 23.4. The second-order valence-corrected chi connectivity index (χ2v) is 10.9. The fraction of sp³-hybridized carbons (Fsp3) is 0.0789. The number of anilines is 2. The minimum atomic E-state index is -0.154. The van der Waals surface area contributed by atoms with Crippen molar-refractivity contribution < 1.29 is 4.57 Å². The Morgan fingerprint density at radius 3 is 1.93 bits per heavy atom. The standard InChI is InChI=1S/C38H32N3/c1-38(2)32-23-12-13-24-33(32)39(29-17-6-3-7-18-29)36(38)27-16-28-37-40(30-19-8-4-9-20-30)34-25-14-15-26-35(34)41(37)31-21-10-5-11-22-31/h3-28H,1-2H3/q+1. The third kappa shape index (κ3) is 4.18. The van der Waals surface area contributed by atoms with Crippen LogP contribution in [0.1, 0.15) is 25.2 Å². The molecule has 0 fully saturated rings. The lowest BCUT2D eigenvalue weighted by atomic mass is 9.83. The van der Waals surface area contributed by atoms with E-state index in [4.69, 9.17) is 0 Å². The number of aromatic nitrogens is 2. The van der Waals surface area contributed by atoms with Gasteiger partial charge in [-0.15, -0.1) is 0 Å². The van der Waals surface area contributed by atoms with Gasteiger partial charge in [-0.25, -0.2) is 0 Å². The third-order valence-corrected chi connectivity index (χ3v) is 8.06. The van der Waals surface area contributed by atoms with Gasteiger partial charge >= 0.3 is 0 Å². The van der Waals surface area contributed by atoms with Crippen LogP contribution in [-0.2, 0) is 5.41 Å². The van der Waals surface area contributed by atoms with Crippen molar-refractivity contribution in [2.75, 3.05) is 4.90 Å². The number of allylic oxidation sites excluding steroid dienone is 3. The first-order valence-electron chi connectivity index (χ1n) is 14.1.